The molecule has 5 nitrogen and oxygen atoms in total. The standard InChI is InChI=1S/C10H19ClN2O3S/c1-8(11)10(14)13-6-4-3-5-9(13)7-12-17(2,15)16/h8-9,12H,3-7H2,1-2H3. The number of likely N-dealkylation sites (tertiary alicyclic amines) is 1. The molecule has 0 aromatic rings. The van der Waals surface area contributed by atoms with Crippen LogP contribution in [0.3, 0.4) is 0 Å². The van der Waals surface area contributed by atoms with Gasteiger partial charge in [-0.15, -0.1) is 11.6 Å². The molecule has 1 N–H and O–H groups in total. The van der Waals surface area contributed by atoms with E-state index < -0.39 is 15.4 Å². The van der Waals surface area contributed by atoms with E-state index >= 15 is 0 Å². The molecule has 1 fully saturated rings. The van der Waals surface area contributed by atoms with Crippen molar-refractivity contribution in [2.75, 3.05) is 19.3 Å². The summed E-state index contributed by atoms with van der Waals surface area (Å²) in [5.41, 5.74) is 0. The molecular weight excluding hydrogens is 264 g/mol. The Balaban J connectivity index is 2.63. The van der Waals surface area contributed by atoms with Crippen molar-refractivity contribution in [2.24, 2.45) is 0 Å². The normalized spacial score (nSPS) is 23.5. The van der Waals surface area contributed by atoms with Crippen LogP contribution in [0.15, 0.2) is 0 Å². The Morgan fingerprint density at radius 3 is 2.71 bits per heavy atom. The van der Waals surface area contributed by atoms with E-state index in [1.165, 1.54) is 0 Å². The SMILES string of the molecule is CC(Cl)C(=O)N1CCCCC1CNS(C)(=O)=O. The number of amides is 1. The van der Waals surface area contributed by atoms with Crippen molar-refractivity contribution >= 4 is 27.5 Å². The summed E-state index contributed by atoms with van der Waals surface area (Å²) >= 11 is 5.79. The van der Waals surface area contributed by atoms with E-state index in [9.17, 15) is 13.2 Å². The minimum atomic E-state index is -3.21. The first kappa shape index (κ1) is 14.7. The molecule has 1 heterocycles. The Morgan fingerprint density at radius 1 is 1.53 bits per heavy atom. The first-order chi connectivity index (χ1) is 7.81. The van der Waals surface area contributed by atoms with Gasteiger partial charge < -0.3 is 4.90 Å². The molecule has 0 aromatic carbocycles. The highest BCUT2D eigenvalue weighted by Gasteiger charge is 2.29. The second-order valence-electron chi connectivity index (χ2n) is 4.42. The van der Waals surface area contributed by atoms with Crippen molar-refractivity contribution in [2.45, 2.75) is 37.6 Å². The molecule has 0 radical (unpaired) electrons. The number of rotatable bonds is 4. The zero-order valence-electron chi connectivity index (χ0n) is 10.1. The van der Waals surface area contributed by atoms with Crippen molar-refractivity contribution in [3.63, 3.8) is 0 Å². The van der Waals surface area contributed by atoms with Crippen LogP contribution in [0.5, 0.6) is 0 Å². The Bertz CT molecular complexity index is 370. The number of nitrogens with one attached hydrogen (secondary N) is 1. The van der Waals surface area contributed by atoms with Crippen LogP contribution in [-0.2, 0) is 14.8 Å². The van der Waals surface area contributed by atoms with Crippen molar-refractivity contribution < 1.29 is 13.2 Å². The molecule has 1 aliphatic rings. The summed E-state index contributed by atoms with van der Waals surface area (Å²) in [4.78, 5) is 13.5. The van der Waals surface area contributed by atoms with Gasteiger partial charge in [0.05, 0.1) is 6.26 Å². The first-order valence-corrected chi connectivity index (χ1v) is 8.03. The number of hydrogen-bond acceptors (Lipinski definition) is 3. The Labute approximate surface area is 108 Å². The van der Waals surface area contributed by atoms with E-state index in [1.807, 2.05) is 0 Å². The topological polar surface area (TPSA) is 66.5 Å². The lowest BCUT2D eigenvalue weighted by Gasteiger charge is -2.36. The van der Waals surface area contributed by atoms with E-state index in [2.05, 4.69) is 4.72 Å². The number of halogens is 1. The molecule has 1 amide bonds. The van der Waals surface area contributed by atoms with Crippen LogP contribution in [-0.4, -0.2) is 50.0 Å². The van der Waals surface area contributed by atoms with Crippen molar-refractivity contribution in [3.8, 4) is 0 Å². The van der Waals surface area contributed by atoms with Crippen LogP contribution >= 0.6 is 11.6 Å². The molecule has 2 atom stereocenters. The Morgan fingerprint density at radius 2 is 2.18 bits per heavy atom. The van der Waals surface area contributed by atoms with E-state index in [0.717, 1.165) is 25.5 Å². The summed E-state index contributed by atoms with van der Waals surface area (Å²) in [6.07, 6.45) is 3.89. The van der Waals surface area contributed by atoms with Gasteiger partial charge in [-0.1, -0.05) is 0 Å². The number of carbonyl (C=O) groups excluding carboxylic acids is 1. The Hall–Kier alpha value is -0.330. The molecule has 1 aliphatic heterocycles. The lowest BCUT2D eigenvalue weighted by Crippen LogP contribution is -2.51. The molecule has 100 valence electrons. The second-order valence-corrected chi connectivity index (χ2v) is 6.91. The summed E-state index contributed by atoms with van der Waals surface area (Å²) in [6.45, 7) is 2.57. The fourth-order valence-electron chi connectivity index (χ4n) is 1.98. The van der Waals surface area contributed by atoms with Crippen LogP contribution in [0.25, 0.3) is 0 Å². The highest BCUT2D eigenvalue weighted by atomic mass is 35.5. The van der Waals surface area contributed by atoms with Gasteiger partial charge in [0, 0.05) is 19.1 Å². The predicted molar refractivity (Wildman–Crippen MR) is 67.5 cm³/mol. The molecule has 7 heteroatoms. The second kappa shape index (κ2) is 6.02. The smallest absolute Gasteiger partial charge is 0.240 e. The predicted octanol–water partition coefficient (Wildman–Crippen LogP) is 0.544. The average Bonchev–Trinajstić information content (AvgIpc) is 2.24. The van der Waals surface area contributed by atoms with Gasteiger partial charge in [0.2, 0.25) is 15.9 Å². The van der Waals surface area contributed by atoms with Crippen LogP contribution < -0.4 is 4.72 Å². The zero-order chi connectivity index (χ0) is 13.1. The van der Waals surface area contributed by atoms with E-state index in [1.54, 1.807) is 11.8 Å². The molecule has 17 heavy (non-hydrogen) atoms. The maximum Gasteiger partial charge on any atom is 0.240 e. The van der Waals surface area contributed by atoms with E-state index in [0.29, 0.717) is 6.54 Å². The minimum absolute atomic E-state index is 0.0767. The van der Waals surface area contributed by atoms with Gasteiger partial charge in [0.1, 0.15) is 5.38 Å². The van der Waals surface area contributed by atoms with Crippen molar-refractivity contribution in [1.82, 2.24) is 9.62 Å². The number of piperidine rings is 1. The molecule has 0 saturated carbocycles. The number of carbonyl (C=O) groups is 1. The van der Waals surface area contributed by atoms with Gasteiger partial charge in [-0.25, -0.2) is 13.1 Å². The minimum Gasteiger partial charge on any atom is -0.337 e. The largest absolute Gasteiger partial charge is 0.337 e. The summed E-state index contributed by atoms with van der Waals surface area (Å²) in [6, 6.07) is -0.0767. The van der Waals surface area contributed by atoms with Gasteiger partial charge in [0.15, 0.2) is 0 Å². The monoisotopic (exact) mass is 282 g/mol. The maximum absolute atomic E-state index is 11.8. The fraction of sp³-hybridized carbons (Fsp3) is 0.900. The quantitative estimate of drug-likeness (QED) is 0.766. The first-order valence-electron chi connectivity index (χ1n) is 5.70. The number of alkyl halides is 1. The molecule has 1 rings (SSSR count). The number of nitrogens with zero attached hydrogens (tertiary/aromatic N) is 1. The van der Waals surface area contributed by atoms with Gasteiger partial charge in [-0.3, -0.25) is 4.79 Å². The lowest BCUT2D eigenvalue weighted by molar-refractivity contribution is -0.133. The lowest BCUT2D eigenvalue weighted by atomic mass is 10.0. The fourth-order valence-corrected chi connectivity index (χ4v) is 2.60. The molecule has 2 unspecified atom stereocenters. The molecule has 0 bridgehead atoms. The molecular formula is C10H19ClN2O3S. The van der Waals surface area contributed by atoms with Crippen molar-refractivity contribution in [1.29, 1.82) is 0 Å². The third kappa shape index (κ3) is 4.81. The van der Waals surface area contributed by atoms with Crippen molar-refractivity contribution in [3.05, 3.63) is 0 Å². The molecule has 1 saturated heterocycles. The van der Waals surface area contributed by atoms with Gasteiger partial charge in [0.25, 0.3) is 0 Å². The average molecular weight is 283 g/mol. The van der Waals surface area contributed by atoms with Crippen LogP contribution in [0.4, 0.5) is 0 Å². The van der Waals surface area contributed by atoms with Gasteiger partial charge in [-0.2, -0.15) is 0 Å². The Kier molecular flexibility index (Phi) is 5.22. The summed E-state index contributed by atoms with van der Waals surface area (Å²) in [7, 11) is -3.21. The zero-order valence-corrected chi connectivity index (χ0v) is 11.7. The summed E-state index contributed by atoms with van der Waals surface area (Å²) in [5.74, 6) is -0.119. The van der Waals surface area contributed by atoms with Gasteiger partial charge in [-0.05, 0) is 26.2 Å². The molecule has 0 aliphatic carbocycles. The third-order valence-corrected chi connectivity index (χ3v) is 3.71. The van der Waals surface area contributed by atoms with Crippen LogP contribution in [0.1, 0.15) is 26.2 Å². The maximum atomic E-state index is 11.8. The third-order valence-electron chi connectivity index (χ3n) is 2.83. The number of hydrogen-bond donors (Lipinski definition) is 1. The summed E-state index contributed by atoms with van der Waals surface area (Å²) in [5, 5.41) is -0.561. The molecule has 0 spiro atoms. The molecule has 0 aromatic heterocycles. The van der Waals surface area contributed by atoms with Crippen LogP contribution in [0.2, 0.25) is 0 Å². The van der Waals surface area contributed by atoms with E-state index in [-0.39, 0.29) is 18.5 Å². The highest BCUT2D eigenvalue weighted by Crippen LogP contribution is 2.18. The summed E-state index contributed by atoms with van der Waals surface area (Å²) < 4.78 is 24.5. The number of sulfonamides is 1. The van der Waals surface area contributed by atoms with E-state index in [4.69, 9.17) is 11.6 Å². The van der Waals surface area contributed by atoms with Gasteiger partial charge >= 0.3 is 0 Å². The highest BCUT2D eigenvalue weighted by molar-refractivity contribution is 7.88. The van der Waals surface area contributed by atoms with Crippen LogP contribution in [0, 0.1) is 0 Å².